The van der Waals surface area contributed by atoms with Gasteiger partial charge in [0.25, 0.3) is 5.91 Å². The van der Waals surface area contributed by atoms with E-state index in [2.05, 4.69) is 26.1 Å². The van der Waals surface area contributed by atoms with Crippen LogP contribution in [0.15, 0.2) is 6.07 Å². The lowest BCUT2D eigenvalue weighted by Gasteiger charge is -2.25. The monoisotopic (exact) mass is 355 g/mol. The second-order valence-corrected chi connectivity index (χ2v) is 8.80. The number of nitrogens with one attached hydrogen (secondary N) is 1. The first-order valence-corrected chi connectivity index (χ1v) is 9.66. The van der Waals surface area contributed by atoms with Crippen LogP contribution in [0.25, 0.3) is 11.0 Å². The largest absolute Gasteiger partial charge is 0.337 e. The van der Waals surface area contributed by atoms with Crippen LogP contribution in [0.4, 0.5) is 0 Å². The topological polar surface area (TPSA) is 63.1 Å². The van der Waals surface area contributed by atoms with Crippen molar-refractivity contribution in [2.45, 2.75) is 64.5 Å². The average Bonchev–Trinajstić information content (AvgIpc) is 3.18. The Balaban J connectivity index is 1.87. The smallest absolute Gasteiger partial charge is 0.254 e. The molecular formula is C20H29N5O. The van der Waals surface area contributed by atoms with Gasteiger partial charge in [-0.2, -0.15) is 5.10 Å². The molecule has 1 atom stereocenters. The van der Waals surface area contributed by atoms with Crippen molar-refractivity contribution < 1.29 is 4.79 Å². The van der Waals surface area contributed by atoms with Crippen LogP contribution < -0.4 is 5.32 Å². The van der Waals surface area contributed by atoms with Gasteiger partial charge in [0.05, 0.1) is 22.2 Å². The standard InChI is InChI=1S/C20H29N5O/c1-12-17-15(19(26)24(5)14-8-9-21-11-14)10-16(13-6-7-13)22-18(17)25(23-12)20(2,3)4/h10,13-14,21H,6-9,11H2,1-5H3. The molecule has 2 aromatic rings. The molecular weight excluding hydrogens is 326 g/mol. The maximum Gasteiger partial charge on any atom is 0.254 e. The summed E-state index contributed by atoms with van der Waals surface area (Å²) in [6.45, 7) is 10.2. The van der Waals surface area contributed by atoms with Gasteiger partial charge in [-0.15, -0.1) is 0 Å². The fraction of sp³-hybridized carbons (Fsp3) is 0.650. The van der Waals surface area contributed by atoms with E-state index in [0.717, 1.165) is 60.3 Å². The van der Waals surface area contributed by atoms with Gasteiger partial charge in [-0.25, -0.2) is 9.67 Å². The zero-order valence-electron chi connectivity index (χ0n) is 16.5. The Morgan fingerprint density at radius 2 is 2.04 bits per heavy atom. The highest BCUT2D eigenvalue weighted by Crippen LogP contribution is 2.41. The van der Waals surface area contributed by atoms with Crippen LogP contribution in [0.2, 0.25) is 0 Å². The lowest BCUT2D eigenvalue weighted by atomic mass is 10.0. The molecule has 1 aliphatic heterocycles. The zero-order valence-corrected chi connectivity index (χ0v) is 16.5. The summed E-state index contributed by atoms with van der Waals surface area (Å²) >= 11 is 0. The van der Waals surface area contributed by atoms with Crippen LogP contribution in [-0.4, -0.2) is 51.8 Å². The maximum absolute atomic E-state index is 13.4. The quantitative estimate of drug-likeness (QED) is 0.920. The number of carbonyl (C=O) groups excluding carboxylic acids is 1. The van der Waals surface area contributed by atoms with Crippen molar-refractivity contribution in [1.29, 1.82) is 0 Å². The van der Waals surface area contributed by atoms with E-state index in [1.807, 2.05) is 29.6 Å². The number of carbonyl (C=O) groups is 1. The fourth-order valence-electron chi connectivity index (χ4n) is 3.86. The second-order valence-electron chi connectivity index (χ2n) is 8.80. The van der Waals surface area contributed by atoms with Gasteiger partial charge in [0, 0.05) is 31.2 Å². The van der Waals surface area contributed by atoms with Gasteiger partial charge in [0.1, 0.15) is 0 Å². The van der Waals surface area contributed by atoms with Gasteiger partial charge in [0.2, 0.25) is 0 Å². The molecule has 3 heterocycles. The molecule has 1 amide bonds. The summed E-state index contributed by atoms with van der Waals surface area (Å²) in [6, 6.07) is 2.29. The van der Waals surface area contributed by atoms with Crippen LogP contribution in [-0.2, 0) is 5.54 Å². The molecule has 1 unspecified atom stereocenters. The van der Waals surface area contributed by atoms with Crippen LogP contribution in [0, 0.1) is 6.92 Å². The van der Waals surface area contributed by atoms with Crippen LogP contribution >= 0.6 is 0 Å². The predicted octanol–water partition coefficient (Wildman–Crippen LogP) is 2.81. The van der Waals surface area contributed by atoms with E-state index in [0.29, 0.717) is 5.92 Å². The number of pyridine rings is 1. The van der Waals surface area contributed by atoms with E-state index in [4.69, 9.17) is 10.1 Å². The minimum Gasteiger partial charge on any atom is -0.337 e. The van der Waals surface area contributed by atoms with Crippen molar-refractivity contribution in [1.82, 2.24) is 25.0 Å². The van der Waals surface area contributed by atoms with E-state index >= 15 is 0 Å². The van der Waals surface area contributed by atoms with Crippen molar-refractivity contribution in [2.75, 3.05) is 20.1 Å². The first-order chi connectivity index (χ1) is 12.3. The van der Waals surface area contributed by atoms with Crippen molar-refractivity contribution in [3.05, 3.63) is 23.0 Å². The molecule has 1 N–H and O–H groups in total. The normalized spacial score (nSPS) is 20.7. The predicted molar refractivity (Wildman–Crippen MR) is 103 cm³/mol. The molecule has 1 saturated carbocycles. The number of hydrogen-bond acceptors (Lipinski definition) is 4. The molecule has 1 saturated heterocycles. The number of rotatable bonds is 3. The van der Waals surface area contributed by atoms with Gasteiger partial charge in [-0.3, -0.25) is 4.79 Å². The van der Waals surface area contributed by atoms with E-state index in [9.17, 15) is 4.79 Å². The highest BCUT2D eigenvalue weighted by molar-refractivity contribution is 6.06. The van der Waals surface area contributed by atoms with E-state index in [1.165, 1.54) is 0 Å². The Morgan fingerprint density at radius 1 is 1.31 bits per heavy atom. The zero-order chi connectivity index (χ0) is 18.6. The number of aromatic nitrogens is 3. The third-order valence-corrected chi connectivity index (χ3v) is 5.60. The molecule has 6 heteroatoms. The number of likely N-dealkylation sites (N-methyl/N-ethyl adjacent to an activating group) is 1. The van der Waals surface area contributed by atoms with Gasteiger partial charge < -0.3 is 10.2 Å². The molecule has 4 rings (SSSR count). The Labute approximate surface area is 155 Å². The van der Waals surface area contributed by atoms with Crippen molar-refractivity contribution in [3.8, 4) is 0 Å². The molecule has 0 aromatic carbocycles. The summed E-state index contributed by atoms with van der Waals surface area (Å²) in [7, 11) is 1.92. The summed E-state index contributed by atoms with van der Waals surface area (Å²) in [4.78, 5) is 20.2. The van der Waals surface area contributed by atoms with Crippen molar-refractivity contribution in [2.24, 2.45) is 0 Å². The molecule has 2 aliphatic rings. The molecule has 0 radical (unpaired) electrons. The van der Waals surface area contributed by atoms with Gasteiger partial charge >= 0.3 is 0 Å². The first kappa shape index (κ1) is 17.5. The number of amides is 1. The third-order valence-electron chi connectivity index (χ3n) is 5.60. The lowest BCUT2D eigenvalue weighted by molar-refractivity contribution is 0.0745. The van der Waals surface area contributed by atoms with Gasteiger partial charge in [-0.05, 0) is 59.6 Å². The average molecular weight is 355 g/mol. The van der Waals surface area contributed by atoms with Crippen molar-refractivity contribution >= 4 is 16.9 Å². The molecule has 6 nitrogen and oxygen atoms in total. The maximum atomic E-state index is 13.4. The highest BCUT2D eigenvalue weighted by atomic mass is 16.2. The molecule has 1 aliphatic carbocycles. The molecule has 2 aromatic heterocycles. The Hall–Kier alpha value is -1.95. The van der Waals surface area contributed by atoms with Crippen LogP contribution in [0.3, 0.4) is 0 Å². The molecule has 26 heavy (non-hydrogen) atoms. The minimum atomic E-state index is -0.177. The van der Waals surface area contributed by atoms with E-state index in [-0.39, 0.29) is 17.5 Å². The SMILES string of the molecule is Cc1nn(C(C)(C)C)c2nc(C3CC3)cc(C(=O)N(C)C3CCNC3)c12. The van der Waals surface area contributed by atoms with Crippen molar-refractivity contribution in [3.63, 3.8) is 0 Å². The van der Waals surface area contributed by atoms with E-state index < -0.39 is 0 Å². The first-order valence-electron chi connectivity index (χ1n) is 9.66. The summed E-state index contributed by atoms with van der Waals surface area (Å²) in [6.07, 6.45) is 3.33. The minimum absolute atomic E-state index is 0.0876. The fourth-order valence-corrected chi connectivity index (χ4v) is 3.86. The molecule has 140 valence electrons. The van der Waals surface area contributed by atoms with Crippen LogP contribution in [0.5, 0.6) is 0 Å². The highest BCUT2D eigenvalue weighted by Gasteiger charge is 2.32. The third kappa shape index (κ3) is 2.90. The number of nitrogens with zero attached hydrogens (tertiary/aromatic N) is 4. The van der Waals surface area contributed by atoms with Crippen LogP contribution in [0.1, 0.15) is 67.7 Å². The summed E-state index contributed by atoms with van der Waals surface area (Å²) in [5, 5.41) is 9.01. The molecule has 2 fully saturated rings. The number of aryl methyl sites for hydroxylation is 1. The number of fused-ring (bicyclic) bond motifs is 1. The summed E-state index contributed by atoms with van der Waals surface area (Å²) in [5.74, 6) is 0.581. The second kappa shape index (κ2) is 6.05. The Bertz CT molecular complexity index is 853. The lowest BCUT2D eigenvalue weighted by Crippen LogP contribution is -2.38. The van der Waals surface area contributed by atoms with Gasteiger partial charge in [-0.1, -0.05) is 0 Å². The summed E-state index contributed by atoms with van der Waals surface area (Å²) < 4.78 is 1.98. The molecule has 0 spiro atoms. The van der Waals surface area contributed by atoms with E-state index in [1.54, 1.807) is 0 Å². The Kier molecular flexibility index (Phi) is 4.06. The summed E-state index contributed by atoms with van der Waals surface area (Å²) in [5.41, 5.74) is 3.36. The van der Waals surface area contributed by atoms with Gasteiger partial charge in [0.15, 0.2) is 5.65 Å². The number of hydrogen-bond donors (Lipinski definition) is 1. The molecule has 0 bridgehead atoms. The Morgan fingerprint density at radius 3 is 2.62 bits per heavy atom.